The molecule has 0 aromatic heterocycles. The van der Waals surface area contributed by atoms with Crippen LogP contribution in [0.3, 0.4) is 0 Å². The summed E-state index contributed by atoms with van der Waals surface area (Å²) in [5.74, 6) is -2.60. The van der Waals surface area contributed by atoms with Crippen LogP contribution in [0.5, 0.6) is 0 Å². The van der Waals surface area contributed by atoms with Gasteiger partial charge in [0.05, 0.1) is 0 Å². The van der Waals surface area contributed by atoms with Gasteiger partial charge in [0.2, 0.25) is 6.43 Å². The average molecular weight is 324 g/mol. The van der Waals surface area contributed by atoms with Crippen LogP contribution < -0.4 is 0 Å². The highest BCUT2D eigenvalue weighted by Gasteiger charge is 2.37. The van der Waals surface area contributed by atoms with E-state index in [2.05, 4.69) is 0 Å². The number of hydrogen-bond donors (Lipinski definition) is 0. The van der Waals surface area contributed by atoms with E-state index in [0.717, 1.165) is 0 Å². The predicted molar refractivity (Wildman–Crippen MR) is 87.7 cm³/mol. The number of rotatable bonds is 7. The van der Waals surface area contributed by atoms with Crippen LogP contribution >= 0.6 is 0 Å². The molecule has 0 heterocycles. The number of alkyl halides is 2. The zero-order valence-corrected chi connectivity index (χ0v) is 14.5. The number of ketones is 2. The summed E-state index contributed by atoms with van der Waals surface area (Å²) in [7, 11) is 0. The lowest BCUT2D eigenvalue weighted by Crippen LogP contribution is -2.34. The minimum absolute atomic E-state index is 0.00521. The maximum absolute atomic E-state index is 13.2. The highest BCUT2D eigenvalue weighted by molar-refractivity contribution is 5.98. The number of hydrogen-bond acceptors (Lipinski definition) is 2. The molecule has 0 aliphatic rings. The lowest BCUT2D eigenvalue weighted by Gasteiger charge is -2.30. The summed E-state index contributed by atoms with van der Waals surface area (Å²) in [5.41, 5.74) is -0.107. The Morgan fingerprint density at radius 2 is 1.57 bits per heavy atom. The first-order valence-corrected chi connectivity index (χ1v) is 7.96. The van der Waals surface area contributed by atoms with Crippen molar-refractivity contribution in [3.8, 4) is 0 Å². The molecule has 0 aliphatic heterocycles. The third-order valence-electron chi connectivity index (χ3n) is 4.44. The Labute approximate surface area is 137 Å². The Morgan fingerprint density at radius 3 is 2.00 bits per heavy atom. The molecule has 0 saturated carbocycles. The van der Waals surface area contributed by atoms with Crippen molar-refractivity contribution in [2.24, 2.45) is 23.2 Å². The normalized spacial score (nSPS) is 16.0. The second-order valence-electron chi connectivity index (χ2n) is 7.25. The zero-order chi connectivity index (χ0) is 17.8. The van der Waals surface area contributed by atoms with Gasteiger partial charge in [-0.15, -0.1) is 0 Å². The smallest absolute Gasteiger partial charge is 0.241 e. The van der Waals surface area contributed by atoms with Crippen LogP contribution in [-0.4, -0.2) is 18.0 Å². The summed E-state index contributed by atoms with van der Waals surface area (Å²) in [6, 6.07) is 8.63. The van der Waals surface area contributed by atoms with Gasteiger partial charge in [-0.2, -0.15) is 0 Å². The first kappa shape index (κ1) is 19.5. The molecule has 128 valence electrons. The van der Waals surface area contributed by atoms with Gasteiger partial charge in [-0.3, -0.25) is 9.59 Å². The lowest BCUT2D eigenvalue weighted by molar-refractivity contribution is -0.128. The summed E-state index contributed by atoms with van der Waals surface area (Å²) in [5, 5.41) is 0. The summed E-state index contributed by atoms with van der Waals surface area (Å²) < 4.78 is 26.5. The Hall–Kier alpha value is -1.58. The zero-order valence-electron chi connectivity index (χ0n) is 14.5. The van der Waals surface area contributed by atoms with Gasteiger partial charge >= 0.3 is 0 Å². The highest BCUT2D eigenvalue weighted by atomic mass is 19.3. The largest absolute Gasteiger partial charge is 0.299 e. The first-order chi connectivity index (χ1) is 10.6. The van der Waals surface area contributed by atoms with E-state index in [0.29, 0.717) is 5.56 Å². The number of carbonyl (C=O) groups is 2. The molecule has 3 atom stereocenters. The van der Waals surface area contributed by atoms with Crippen molar-refractivity contribution in [1.82, 2.24) is 0 Å². The maximum Gasteiger partial charge on any atom is 0.241 e. The van der Waals surface area contributed by atoms with Gasteiger partial charge in [0.1, 0.15) is 5.78 Å². The molecule has 0 unspecified atom stereocenters. The van der Waals surface area contributed by atoms with Crippen LogP contribution in [0.4, 0.5) is 8.78 Å². The molecule has 1 aromatic carbocycles. The molecule has 0 bridgehead atoms. The van der Waals surface area contributed by atoms with Crippen LogP contribution in [0, 0.1) is 23.2 Å². The molecule has 0 fully saturated rings. The number of carbonyl (C=O) groups excluding carboxylic acids is 2. The van der Waals surface area contributed by atoms with E-state index in [-0.39, 0.29) is 18.0 Å². The summed E-state index contributed by atoms with van der Waals surface area (Å²) in [4.78, 5) is 24.9. The predicted octanol–water partition coefficient (Wildman–Crippen LogP) is 5.03. The summed E-state index contributed by atoms with van der Waals surface area (Å²) in [6.07, 6.45) is -2.56. The van der Waals surface area contributed by atoms with E-state index >= 15 is 0 Å². The fourth-order valence-corrected chi connectivity index (χ4v) is 2.58. The molecular weight excluding hydrogens is 298 g/mol. The second-order valence-corrected chi connectivity index (χ2v) is 7.25. The third kappa shape index (κ3) is 5.22. The molecule has 0 amide bonds. The van der Waals surface area contributed by atoms with Crippen molar-refractivity contribution in [2.45, 2.75) is 47.5 Å². The molecule has 0 spiro atoms. The van der Waals surface area contributed by atoms with E-state index in [4.69, 9.17) is 0 Å². The number of benzene rings is 1. The minimum Gasteiger partial charge on any atom is -0.299 e. The van der Waals surface area contributed by atoms with Gasteiger partial charge in [-0.25, -0.2) is 8.78 Å². The van der Waals surface area contributed by atoms with Crippen LogP contribution in [0.15, 0.2) is 30.3 Å². The molecule has 0 saturated heterocycles. The van der Waals surface area contributed by atoms with E-state index < -0.39 is 29.6 Å². The molecule has 23 heavy (non-hydrogen) atoms. The van der Waals surface area contributed by atoms with E-state index in [9.17, 15) is 18.4 Å². The molecule has 1 rings (SSSR count). The quantitative estimate of drug-likeness (QED) is 0.659. The van der Waals surface area contributed by atoms with Crippen LogP contribution in [-0.2, 0) is 4.79 Å². The summed E-state index contributed by atoms with van der Waals surface area (Å²) in [6.45, 7) is 8.37. The van der Waals surface area contributed by atoms with E-state index in [1.165, 1.54) is 6.92 Å². The number of Topliss-reactive ketones (excluding diaryl/α,β-unsaturated/α-hetero) is 2. The molecule has 0 aliphatic carbocycles. The van der Waals surface area contributed by atoms with Gasteiger partial charge in [-0.1, -0.05) is 65.0 Å². The average Bonchev–Trinajstić information content (AvgIpc) is 2.50. The van der Waals surface area contributed by atoms with E-state index in [1.54, 1.807) is 58.0 Å². The standard InChI is InChI=1S/C19H26F2O2/c1-12(17(23)14-9-7-6-8-10-14)15(13(2)18(20)21)11-16(22)19(3,4)5/h6-10,12-13,15,18H,11H2,1-5H3/t12-,13-,15+/m1/s1. The molecule has 1 aromatic rings. The fraction of sp³-hybridized carbons (Fsp3) is 0.579. The highest BCUT2D eigenvalue weighted by Crippen LogP contribution is 2.34. The Morgan fingerprint density at radius 1 is 1.04 bits per heavy atom. The van der Waals surface area contributed by atoms with Gasteiger partial charge in [0.15, 0.2) is 5.78 Å². The fourth-order valence-electron chi connectivity index (χ4n) is 2.58. The molecule has 2 nitrogen and oxygen atoms in total. The van der Waals surface area contributed by atoms with Crippen LogP contribution in [0.25, 0.3) is 0 Å². The minimum atomic E-state index is -2.56. The topological polar surface area (TPSA) is 34.1 Å². The van der Waals surface area contributed by atoms with Crippen molar-refractivity contribution in [2.75, 3.05) is 0 Å². The molecule has 0 N–H and O–H groups in total. The van der Waals surface area contributed by atoms with Crippen molar-refractivity contribution >= 4 is 11.6 Å². The van der Waals surface area contributed by atoms with E-state index in [1.807, 2.05) is 0 Å². The monoisotopic (exact) mass is 324 g/mol. The second kappa shape index (κ2) is 7.80. The van der Waals surface area contributed by atoms with Crippen molar-refractivity contribution < 1.29 is 18.4 Å². The lowest BCUT2D eigenvalue weighted by atomic mass is 9.73. The maximum atomic E-state index is 13.2. The molecular formula is C19H26F2O2. The Bertz CT molecular complexity index is 532. The van der Waals surface area contributed by atoms with Gasteiger partial charge in [0, 0.05) is 29.2 Å². The Kier molecular flexibility index (Phi) is 6.60. The summed E-state index contributed by atoms with van der Waals surface area (Å²) >= 11 is 0. The van der Waals surface area contributed by atoms with Crippen LogP contribution in [0.2, 0.25) is 0 Å². The van der Waals surface area contributed by atoms with Crippen molar-refractivity contribution in [3.63, 3.8) is 0 Å². The van der Waals surface area contributed by atoms with Crippen LogP contribution in [0.1, 0.15) is 51.4 Å². The van der Waals surface area contributed by atoms with Crippen molar-refractivity contribution in [3.05, 3.63) is 35.9 Å². The third-order valence-corrected chi connectivity index (χ3v) is 4.44. The molecule has 4 heteroatoms. The number of halogens is 2. The first-order valence-electron chi connectivity index (χ1n) is 7.96. The Balaban J connectivity index is 3.04. The SMILES string of the molecule is C[C@@H](C(=O)c1ccccc1)[C@H](CC(=O)C(C)(C)C)[C@@H](C)C(F)F. The molecule has 0 radical (unpaired) electrons. The van der Waals surface area contributed by atoms with Gasteiger partial charge < -0.3 is 0 Å². The van der Waals surface area contributed by atoms with Gasteiger partial charge in [0.25, 0.3) is 0 Å². The van der Waals surface area contributed by atoms with Crippen molar-refractivity contribution in [1.29, 1.82) is 0 Å². The van der Waals surface area contributed by atoms with Gasteiger partial charge in [-0.05, 0) is 5.92 Å².